The second kappa shape index (κ2) is 8.01. The number of benzene rings is 2. The van der Waals surface area contributed by atoms with Gasteiger partial charge < -0.3 is 9.84 Å². The molecule has 0 radical (unpaired) electrons. The molecule has 0 aliphatic carbocycles. The Morgan fingerprint density at radius 2 is 1.90 bits per heavy atom. The number of carbonyl (C=O) groups excluding carboxylic acids is 1. The van der Waals surface area contributed by atoms with Crippen LogP contribution in [-0.4, -0.2) is 24.5 Å². The van der Waals surface area contributed by atoms with E-state index in [2.05, 4.69) is 20.2 Å². The highest BCUT2D eigenvalue weighted by atomic mass is 35.5. The maximum atomic E-state index is 13.1. The van der Waals surface area contributed by atoms with Gasteiger partial charge >= 0.3 is 0 Å². The predicted octanol–water partition coefficient (Wildman–Crippen LogP) is 4.55. The third-order valence-electron chi connectivity index (χ3n) is 4.56. The molecule has 0 bridgehead atoms. The van der Waals surface area contributed by atoms with Gasteiger partial charge in [-0.25, -0.2) is 8.42 Å². The van der Waals surface area contributed by atoms with Crippen LogP contribution in [0.2, 0.25) is 5.02 Å². The Kier molecular flexibility index (Phi) is 5.38. The Bertz CT molecular complexity index is 1420. The number of aryl methyl sites for hydroxylation is 2. The SMILES string of the molecule is Cc1cnc2c(S(=O)(=O)Nc3cc(NC(=O)c4cnoc4C)ccc3Cl)cccc2c1. The predicted molar refractivity (Wildman–Crippen MR) is 118 cm³/mol. The number of carbonyl (C=O) groups is 1. The number of pyridine rings is 1. The van der Waals surface area contributed by atoms with E-state index in [9.17, 15) is 13.2 Å². The van der Waals surface area contributed by atoms with E-state index in [1.807, 2.05) is 13.0 Å². The van der Waals surface area contributed by atoms with Gasteiger partial charge in [0.25, 0.3) is 15.9 Å². The van der Waals surface area contributed by atoms with Crippen molar-refractivity contribution in [3.8, 4) is 0 Å². The third-order valence-corrected chi connectivity index (χ3v) is 6.29. The first kappa shape index (κ1) is 20.8. The Balaban J connectivity index is 1.65. The number of anilines is 2. The van der Waals surface area contributed by atoms with Crippen molar-refractivity contribution in [3.63, 3.8) is 0 Å². The molecule has 0 aliphatic rings. The van der Waals surface area contributed by atoms with Crippen molar-refractivity contribution in [2.45, 2.75) is 18.7 Å². The van der Waals surface area contributed by atoms with Crippen LogP contribution in [-0.2, 0) is 10.0 Å². The molecule has 0 saturated carbocycles. The second-order valence-corrected chi connectivity index (χ2v) is 8.95. The number of amides is 1. The molecule has 0 aliphatic heterocycles. The van der Waals surface area contributed by atoms with Crippen LogP contribution in [0.5, 0.6) is 0 Å². The average molecular weight is 457 g/mol. The third kappa shape index (κ3) is 4.23. The molecular formula is C21H17ClN4O4S. The van der Waals surface area contributed by atoms with Gasteiger partial charge in [-0.3, -0.25) is 14.5 Å². The summed E-state index contributed by atoms with van der Waals surface area (Å²) in [5.41, 5.74) is 2.01. The van der Waals surface area contributed by atoms with Crippen molar-refractivity contribution in [3.05, 3.63) is 76.8 Å². The normalized spacial score (nSPS) is 11.5. The zero-order chi connectivity index (χ0) is 22.2. The van der Waals surface area contributed by atoms with E-state index < -0.39 is 15.9 Å². The van der Waals surface area contributed by atoms with Crippen molar-refractivity contribution >= 4 is 49.8 Å². The van der Waals surface area contributed by atoms with E-state index in [0.717, 1.165) is 5.56 Å². The van der Waals surface area contributed by atoms with Gasteiger partial charge in [-0.1, -0.05) is 28.9 Å². The second-order valence-electron chi connectivity index (χ2n) is 6.89. The molecule has 0 fully saturated rings. The quantitative estimate of drug-likeness (QED) is 0.455. The number of sulfonamides is 1. The number of aromatic nitrogens is 2. The average Bonchev–Trinajstić information content (AvgIpc) is 3.15. The molecule has 0 atom stereocenters. The highest BCUT2D eigenvalue weighted by Gasteiger charge is 2.20. The van der Waals surface area contributed by atoms with Gasteiger partial charge in [-0.05, 0) is 49.7 Å². The zero-order valence-electron chi connectivity index (χ0n) is 16.5. The Hall–Kier alpha value is -3.43. The molecule has 31 heavy (non-hydrogen) atoms. The lowest BCUT2D eigenvalue weighted by Gasteiger charge is -2.13. The van der Waals surface area contributed by atoms with E-state index in [4.69, 9.17) is 16.1 Å². The number of nitrogens with zero attached hydrogens (tertiary/aromatic N) is 2. The molecule has 0 unspecified atom stereocenters. The van der Waals surface area contributed by atoms with Crippen LogP contribution >= 0.6 is 11.6 Å². The minimum Gasteiger partial charge on any atom is -0.361 e. The van der Waals surface area contributed by atoms with Crippen LogP contribution in [0.25, 0.3) is 10.9 Å². The van der Waals surface area contributed by atoms with Crippen LogP contribution in [0.4, 0.5) is 11.4 Å². The number of para-hydroxylation sites is 1. The topological polar surface area (TPSA) is 114 Å². The molecule has 2 aromatic carbocycles. The van der Waals surface area contributed by atoms with Crippen LogP contribution in [0.1, 0.15) is 21.7 Å². The summed E-state index contributed by atoms with van der Waals surface area (Å²) < 4.78 is 33.6. The maximum absolute atomic E-state index is 13.1. The van der Waals surface area contributed by atoms with Crippen LogP contribution in [0.15, 0.2) is 64.3 Å². The van der Waals surface area contributed by atoms with E-state index in [1.54, 1.807) is 31.3 Å². The largest absolute Gasteiger partial charge is 0.361 e. The fraction of sp³-hybridized carbons (Fsp3) is 0.0952. The standard InChI is InChI=1S/C21H17ClN4O4S/c1-12-8-14-4-3-5-19(20(14)23-10-12)31(28,29)26-18-9-15(6-7-17(18)22)25-21(27)16-11-24-30-13(16)2/h3-11,26H,1-2H3,(H,25,27). The highest BCUT2D eigenvalue weighted by molar-refractivity contribution is 7.93. The number of halogens is 1. The molecule has 0 spiro atoms. The van der Waals surface area contributed by atoms with Crippen molar-refractivity contribution in [1.29, 1.82) is 0 Å². The van der Waals surface area contributed by atoms with Gasteiger partial charge in [0, 0.05) is 17.3 Å². The zero-order valence-corrected chi connectivity index (χ0v) is 18.1. The van der Waals surface area contributed by atoms with E-state index in [1.165, 1.54) is 24.4 Å². The molecule has 8 nitrogen and oxygen atoms in total. The molecule has 4 rings (SSSR count). The minimum absolute atomic E-state index is 0.0237. The molecule has 4 aromatic rings. The van der Waals surface area contributed by atoms with Crippen molar-refractivity contribution in [1.82, 2.24) is 10.1 Å². The van der Waals surface area contributed by atoms with Gasteiger partial charge in [-0.15, -0.1) is 0 Å². The van der Waals surface area contributed by atoms with Crippen LogP contribution in [0.3, 0.4) is 0 Å². The first-order valence-corrected chi connectivity index (χ1v) is 11.0. The monoisotopic (exact) mass is 456 g/mol. The summed E-state index contributed by atoms with van der Waals surface area (Å²) in [7, 11) is -4.01. The number of hydrogen-bond acceptors (Lipinski definition) is 6. The lowest BCUT2D eigenvalue weighted by atomic mass is 10.2. The molecule has 10 heteroatoms. The summed E-state index contributed by atoms with van der Waals surface area (Å²) in [5.74, 6) is -0.0745. The smallest absolute Gasteiger partial charge is 0.264 e. The molecule has 2 N–H and O–H groups in total. The summed E-state index contributed by atoms with van der Waals surface area (Å²) in [5, 5.41) is 7.12. The summed E-state index contributed by atoms with van der Waals surface area (Å²) in [6.45, 7) is 3.50. The van der Waals surface area contributed by atoms with Crippen LogP contribution < -0.4 is 10.0 Å². The fourth-order valence-corrected chi connectivity index (χ4v) is 4.53. The first-order valence-electron chi connectivity index (χ1n) is 9.15. The molecular weight excluding hydrogens is 440 g/mol. The van der Waals surface area contributed by atoms with E-state index >= 15 is 0 Å². The number of fused-ring (bicyclic) bond motifs is 1. The molecule has 1 amide bonds. The molecule has 158 valence electrons. The number of nitrogens with one attached hydrogen (secondary N) is 2. The van der Waals surface area contributed by atoms with Gasteiger partial charge in [0.2, 0.25) is 0 Å². The Labute approximate surface area is 183 Å². The van der Waals surface area contributed by atoms with Gasteiger partial charge in [0.05, 0.1) is 22.4 Å². The van der Waals surface area contributed by atoms with E-state index in [0.29, 0.717) is 22.4 Å². The maximum Gasteiger partial charge on any atom is 0.264 e. The van der Waals surface area contributed by atoms with Crippen molar-refractivity contribution in [2.24, 2.45) is 0 Å². The summed E-state index contributed by atoms with van der Waals surface area (Å²) >= 11 is 6.21. The van der Waals surface area contributed by atoms with E-state index in [-0.39, 0.29) is 21.2 Å². The minimum atomic E-state index is -4.01. The fourth-order valence-electron chi connectivity index (χ4n) is 3.06. The highest BCUT2D eigenvalue weighted by Crippen LogP contribution is 2.30. The Morgan fingerprint density at radius 1 is 1.10 bits per heavy atom. The summed E-state index contributed by atoms with van der Waals surface area (Å²) in [6.07, 6.45) is 2.91. The van der Waals surface area contributed by atoms with Gasteiger partial charge in [0.1, 0.15) is 16.2 Å². The number of hydrogen-bond donors (Lipinski definition) is 2. The molecule has 2 aromatic heterocycles. The summed E-state index contributed by atoms with van der Waals surface area (Å²) in [6, 6.07) is 11.3. The van der Waals surface area contributed by atoms with Gasteiger partial charge in [-0.2, -0.15) is 0 Å². The Morgan fingerprint density at radius 3 is 2.65 bits per heavy atom. The first-order chi connectivity index (χ1) is 14.7. The van der Waals surface area contributed by atoms with Gasteiger partial charge in [0.15, 0.2) is 0 Å². The van der Waals surface area contributed by atoms with Crippen molar-refractivity contribution < 1.29 is 17.7 Å². The lowest BCUT2D eigenvalue weighted by Crippen LogP contribution is -2.15. The van der Waals surface area contributed by atoms with Crippen molar-refractivity contribution in [2.75, 3.05) is 10.0 Å². The molecule has 2 heterocycles. The van der Waals surface area contributed by atoms with Crippen LogP contribution in [0, 0.1) is 13.8 Å². The number of rotatable bonds is 5. The lowest BCUT2D eigenvalue weighted by molar-refractivity contribution is 0.102. The molecule has 0 saturated heterocycles. The summed E-state index contributed by atoms with van der Waals surface area (Å²) in [4.78, 5) is 16.7.